The molecule has 0 amide bonds. The van der Waals surface area contributed by atoms with Gasteiger partial charge in [0, 0.05) is 5.69 Å². The van der Waals surface area contributed by atoms with Gasteiger partial charge >= 0.3 is 0 Å². The van der Waals surface area contributed by atoms with Crippen molar-refractivity contribution in [2.24, 2.45) is 5.92 Å². The summed E-state index contributed by atoms with van der Waals surface area (Å²) in [5, 5.41) is 12.0. The fraction of sp³-hybridized carbons (Fsp3) is 0.500. The summed E-state index contributed by atoms with van der Waals surface area (Å²) in [6.07, 6.45) is 1.00. The van der Waals surface area contributed by atoms with Gasteiger partial charge in [0.15, 0.2) is 5.82 Å². The normalized spacial score (nSPS) is 12.7. The second-order valence-corrected chi connectivity index (χ2v) is 5.39. The second-order valence-electron chi connectivity index (χ2n) is 5.39. The molecule has 1 heterocycles. The quantitative estimate of drug-likeness (QED) is 0.848. The Morgan fingerprint density at radius 2 is 2.05 bits per heavy atom. The zero-order valence-corrected chi connectivity index (χ0v) is 12.4. The first-order chi connectivity index (χ1) is 9.52. The van der Waals surface area contributed by atoms with Crippen molar-refractivity contribution in [1.29, 1.82) is 0 Å². The van der Waals surface area contributed by atoms with Crippen LogP contribution in [-0.2, 0) is 0 Å². The predicted octanol–water partition coefficient (Wildman–Crippen LogP) is 2.54. The van der Waals surface area contributed by atoms with Gasteiger partial charge in [-0.15, -0.1) is 5.10 Å². The minimum absolute atomic E-state index is 0.214. The molecule has 6 nitrogen and oxygen atoms in total. The van der Waals surface area contributed by atoms with E-state index in [1.807, 2.05) is 16.8 Å². The maximum atomic E-state index is 5.86. The number of benzene rings is 1. The van der Waals surface area contributed by atoms with Crippen LogP contribution in [0.25, 0.3) is 11.4 Å². The number of tetrazole rings is 1. The molecular weight excluding hydrogens is 254 g/mol. The van der Waals surface area contributed by atoms with E-state index in [9.17, 15) is 0 Å². The van der Waals surface area contributed by atoms with Crippen LogP contribution < -0.4 is 10.5 Å². The van der Waals surface area contributed by atoms with E-state index in [1.165, 1.54) is 0 Å². The smallest absolute Gasteiger partial charge is 0.186 e. The summed E-state index contributed by atoms with van der Waals surface area (Å²) in [5.74, 6) is 1.97. The molecule has 2 aromatic rings. The van der Waals surface area contributed by atoms with E-state index in [1.54, 1.807) is 13.2 Å². The molecule has 1 unspecified atom stereocenters. The standard InChI is InChI=1S/C14H21N5O/c1-9(2)7-10(3)19-14(16-17-18-19)12-8-11(15)5-6-13(12)20-4/h5-6,8-10H,7,15H2,1-4H3. The van der Waals surface area contributed by atoms with Crippen molar-refractivity contribution in [3.63, 3.8) is 0 Å². The average Bonchev–Trinajstić information content (AvgIpc) is 2.87. The molecule has 1 aromatic carbocycles. The lowest BCUT2D eigenvalue weighted by atomic mass is 10.0. The molecule has 1 aromatic heterocycles. The van der Waals surface area contributed by atoms with Gasteiger partial charge in [-0.05, 0) is 47.9 Å². The van der Waals surface area contributed by atoms with Crippen LogP contribution >= 0.6 is 0 Å². The Morgan fingerprint density at radius 1 is 1.30 bits per heavy atom. The number of anilines is 1. The van der Waals surface area contributed by atoms with Crippen LogP contribution in [0.2, 0.25) is 0 Å². The van der Waals surface area contributed by atoms with E-state index in [0.29, 0.717) is 23.2 Å². The van der Waals surface area contributed by atoms with E-state index in [-0.39, 0.29) is 6.04 Å². The number of hydrogen-bond acceptors (Lipinski definition) is 5. The fourth-order valence-electron chi connectivity index (χ4n) is 2.35. The molecule has 0 saturated heterocycles. The summed E-state index contributed by atoms with van der Waals surface area (Å²) in [7, 11) is 1.63. The molecule has 0 radical (unpaired) electrons. The second kappa shape index (κ2) is 5.90. The van der Waals surface area contributed by atoms with Crippen LogP contribution in [0.5, 0.6) is 5.75 Å². The van der Waals surface area contributed by atoms with Crippen molar-refractivity contribution < 1.29 is 4.74 Å². The highest BCUT2D eigenvalue weighted by molar-refractivity contribution is 5.68. The lowest BCUT2D eigenvalue weighted by molar-refractivity contribution is 0.391. The highest BCUT2D eigenvalue weighted by atomic mass is 16.5. The lowest BCUT2D eigenvalue weighted by Gasteiger charge is -2.16. The highest BCUT2D eigenvalue weighted by Gasteiger charge is 2.18. The van der Waals surface area contributed by atoms with Gasteiger partial charge in [-0.25, -0.2) is 4.68 Å². The number of nitrogen functional groups attached to an aromatic ring is 1. The van der Waals surface area contributed by atoms with Gasteiger partial charge in [0.25, 0.3) is 0 Å². The minimum atomic E-state index is 0.214. The van der Waals surface area contributed by atoms with Gasteiger partial charge in [0.05, 0.1) is 18.7 Å². The number of methoxy groups -OCH3 is 1. The Kier molecular flexibility index (Phi) is 4.22. The van der Waals surface area contributed by atoms with E-state index >= 15 is 0 Å². The molecule has 0 aliphatic heterocycles. The number of ether oxygens (including phenoxy) is 1. The maximum Gasteiger partial charge on any atom is 0.186 e. The number of aromatic nitrogens is 4. The predicted molar refractivity (Wildman–Crippen MR) is 78.4 cm³/mol. The Bertz CT molecular complexity index is 579. The fourth-order valence-corrected chi connectivity index (χ4v) is 2.35. The summed E-state index contributed by atoms with van der Waals surface area (Å²) >= 11 is 0. The largest absolute Gasteiger partial charge is 0.496 e. The van der Waals surface area contributed by atoms with E-state index in [4.69, 9.17) is 10.5 Å². The molecule has 6 heteroatoms. The van der Waals surface area contributed by atoms with Gasteiger partial charge < -0.3 is 10.5 Å². The van der Waals surface area contributed by atoms with Gasteiger partial charge in [-0.1, -0.05) is 13.8 Å². The van der Waals surface area contributed by atoms with Crippen molar-refractivity contribution in [1.82, 2.24) is 20.2 Å². The van der Waals surface area contributed by atoms with E-state index < -0.39 is 0 Å². The first kappa shape index (κ1) is 14.3. The Hall–Kier alpha value is -2.11. The molecule has 0 aliphatic rings. The third-order valence-corrected chi connectivity index (χ3v) is 3.19. The van der Waals surface area contributed by atoms with Crippen LogP contribution in [0.1, 0.15) is 33.2 Å². The van der Waals surface area contributed by atoms with Crippen molar-refractivity contribution in [3.05, 3.63) is 18.2 Å². The molecule has 2 rings (SSSR count). The Morgan fingerprint density at radius 3 is 2.70 bits per heavy atom. The molecule has 0 bridgehead atoms. The SMILES string of the molecule is COc1ccc(N)cc1-c1nnnn1C(C)CC(C)C. The monoisotopic (exact) mass is 275 g/mol. The first-order valence-electron chi connectivity index (χ1n) is 6.74. The van der Waals surface area contributed by atoms with Gasteiger partial charge in [0.1, 0.15) is 5.75 Å². The summed E-state index contributed by atoms with van der Waals surface area (Å²) in [6.45, 7) is 6.47. The molecule has 0 aliphatic carbocycles. The summed E-state index contributed by atoms with van der Waals surface area (Å²) < 4.78 is 7.21. The molecule has 0 saturated carbocycles. The van der Waals surface area contributed by atoms with Crippen LogP contribution in [-0.4, -0.2) is 27.3 Å². The summed E-state index contributed by atoms with van der Waals surface area (Å²) in [6, 6.07) is 5.68. The van der Waals surface area contributed by atoms with Gasteiger partial charge in [0.2, 0.25) is 0 Å². The van der Waals surface area contributed by atoms with Crippen LogP contribution in [0, 0.1) is 5.92 Å². The highest BCUT2D eigenvalue weighted by Crippen LogP contribution is 2.31. The van der Waals surface area contributed by atoms with Crippen LogP contribution in [0.3, 0.4) is 0 Å². The molecule has 0 fully saturated rings. The summed E-state index contributed by atoms with van der Waals surface area (Å²) in [4.78, 5) is 0. The van der Waals surface area contributed by atoms with Gasteiger partial charge in [-0.3, -0.25) is 0 Å². The zero-order chi connectivity index (χ0) is 14.7. The third-order valence-electron chi connectivity index (χ3n) is 3.19. The van der Waals surface area contributed by atoms with Crippen molar-refractivity contribution in [2.45, 2.75) is 33.2 Å². The number of rotatable bonds is 5. The maximum absolute atomic E-state index is 5.86. The number of nitrogens with zero attached hydrogens (tertiary/aromatic N) is 4. The molecule has 108 valence electrons. The van der Waals surface area contributed by atoms with E-state index in [0.717, 1.165) is 12.0 Å². The Balaban J connectivity index is 2.44. The first-order valence-corrected chi connectivity index (χ1v) is 6.74. The van der Waals surface area contributed by atoms with Gasteiger partial charge in [-0.2, -0.15) is 0 Å². The molecule has 1 atom stereocenters. The van der Waals surface area contributed by atoms with Crippen LogP contribution in [0.4, 0.5) is 5.69 Å². The lowest BCUT2D eigenvalue weighted by Crippen LogP contribution is -2.12. The Labute approximate surface area is 118 Å². The minimum Gasteiger partial charge on any atom is -0.496 e. The van der Waals surface area contributed by atoms with Crippen LogP contribution in [0.15, 0.2) is 18.2 Å². The zero-order valence-electron chi connectivity index (χ0n) is 12.4. The van der Waals surface area contributed by atoms with E-state index in [2.05, 4.69) is 36.3 Å². The molecular formula is C14H21N5O. The van der Waals surface area contributed by atoms with Crippen molar-refractivity contribution >= 4 is 5.69 Å². The molecule has 2 N–H and O–H groups in total. The number of hydrogen-bond donors (Lipinski definition) is 1. The van der Waals surface area contributed by atoms with Crippen molar-refractivity contribution in [2.75, 3.05) is 12.8 Å². The summed E-state index contributed by atoms with van der Waals surface area (Å²) in [5.41, 5.74) is 7.33. The third kappa shape index (κ3) is 2.89. The molecule has 0 spiro atoms. The average molecular weight is 275 g/mol. The van der Waals surface area contributed by atoms with Crippen molar-refractivity contribution in [3.8, 4) is 17.1 Å². The topological polar surface area (TPSA) is 78.8 Å². The number of nitrogens with two attached hydrogens (primary N) is 1. The molecule has 20 heavy (non-hydrogen) atoms.